The first kappa shape index (κ1) is 60.6. The van der Waals surface area contributed by atoms with E-state index >= 15 is 0 Å². The minimum Gasteiger partial charge on any atom is -0.504 e. The molecule has 4 atom stereocenters. The van der Waals surface area contributed by atoms with Gasteiger partial charge < -0.3 is 35.0 Å². The second kappa shape index (κ2) is 26.1. The van der Waals surface area contributed by atoms with Gasteiger partial charge in [0.05, 0.1) is 14.7 Å². The summed E-state index contributed by atoms with van der Waals surface area (Å²) in [5.41, 5.74) is 6.13. The summed E-state index contributed by atoms with van der Waals surface area (Å²) in [6, 6.07) is 22.7. The minimum atomic E-state index is -1.09. The molecule has 5 aliphatic rings. The van der Waals surface area contributed by atoms with Crippen molar-refractivity contribution in [3.63, 3.8) is 0 Å². The number of aromatic hydroxyl groups is 2. The molecule has 3 heterocycles. The molecule has 412 valence electrons. The molecule has 4 aromatic carbocycles. The third-order valence-electron chi connectivity index (χ3n) is 12.9. The molecule has 5 N–H and O–H groups in total. The first-order valence-electron chi connectivity index (χ1n) is 24.2. The summed E-state index contributed by atoms with van der Waals surface area (Å²) in [5, 5.41) is 49.6. The third kappa shape index (κ3) is 13.4. The average Bonchev–Trinajstić information content (AvgIpc) is 3.95. The highest BCUT2D eigenvalue weighted by Gasteiger charge is 2.44. The number of rotatable bonds is 13. The van der Waals surface area contributed by atoms with Gasteiger partial charge in [-0.3, -0.25) is 33.9 Å². The number of phenols is 2. The van der Waals surface area contributed by atoms with Crippen molar-refractivity contribution in [3.05, 3.63) is 145 Å². The van der Waals surface area contributed by atoms with Gasteiger partial charge >= 0.3 is 17.9 Å². The van der Waals surface area contributed by atoms with E-state index in [9.17, 15) is 49.2 Å². The zero-order chi connectivity index (χ0) is 57.7. The third-order valence-corrected chi connectivity index (χ3v) is 17.9. The molecule has 2 aliphatic carbocycles. The van der Waals surface area contributed by atoms with E-state index < -0.39 is 54.5 Å². The van der Waals surface area contributed by atoms with Crippen LogP contribution in [0, 0.1) is 11.8 Å². The predicted octanol–water partition coefficient (Wildman–Crippen LogP) is 10.8. The van der Waals surface area contributed by atoms with Crippen molar-refractivity contribution in [2.24, 2.45) is 11.8 Å². The molecule has 3 amide bonds. The zero-order valence-corrected chi connectivity index (χ0v) is 49.6. The summed E-state index contributed by atoms with van der Waals surface area (Å²) in [4.78, 5) is 76.9. The van der Waals surface area contributed by atoms with Crippen LogP contribution in [0.2, 0.25) is 0 Å². The van der Waals surface area contributed by atoms with Crippen molar-refractivity contribution in [3.8, 4) is 11.5 Å². The Morgan fingerprint density at radius 3 is 1.77 bits per heavy atom. The summed E-state index contributed by atoms with van der Waals surface area (Å²) in [5.74, 6) is -5.36. The van der Waals surface area contributed by atoms with Crippen LogP contribution in [-0.4, -0.2) is 128 Å². The molecular formula is C56H52BrN3O13S6. The van der Waals surface area contributed by atoms with E-state index in [1.807, 2.05) is 72.8 Å². The van der Waals surface area contributed by atoms with Crippen LogP contribution in [0.3, 0.4) is 0 Å². The number of benzene rings is 4. The molecule has 0 spiro atoms. The van der Waals surface area contributed by atoms with Gasteiger partial charge in [-0.05, 0) is 133 Å². The molecule has 3 aliphatic heterocycles. The smallest absolute Gasteiger partial charge is 0.327 e. The van der Waals surface area contributed by atoms with Crippen LogP contribution in [-0.2, 0) is 44.7 Å². The quantitative estimate of drug-likeness (QED) is 0.0476. The SMILES string of the molecule is CC(C)C(C(=O)O)N1C(=O)/C(=C/C2=C(Br)c3cc(O)c(O)cc3CC2)SC1=S.COC1C(/C=C2\SC(=S)N(C(C(=O)O)C(C)C)C2=O)=Cc2ccccc2C1OC.O=C(O)CN1C(=O)/C(=C/c2ccc3ccccc3c2)SC1=S. The molecule has 9 rings (SSSR count). The van der Waals surface area contributed by atoms with Gasteiger partial charge in [-0.2, -0.15) is 0 Å². The fourth-order valence-corrected chi connectivity index (χ4v) is 13.8. The lowest BCUT2D eigenvalue weighted by Gasteiger charge is -2.31. The van der Waals surface area contributed by atoms with E-state index in [1.54, 1.807) is 60.1 Å². The maximum absolute atomic E-state index is 13.0. The van der Waals surface area contributed by atoms with Crippen molar-refractivity contribution in [1.82, 2.24) is 14.7 Å². The van der Waals surface area contributed by atoms with Gasteiger partial charge in [-0.25, -0.2) is 9.59 Å². The summed E-state index contributed by atoms with van der Waals surface area (Å²) < 4.78 is 12.8. The summed E-state index contributed by atoms with van der Waals surface area (Å²) in [6.07, 6.45) is 7.68. The highest BCUT2D eigenvalue weighted by atomic mass is 79.9. The van der Waals surface area contributed by atoms with Gasteiger partial charge in [-0.15, -0.1) is 0 Å². The van der Waals surface area contributed by atoms with Crippen LogP contribution < -0.4 is 0 Å². The Morgan fingerprint density at radius 1 is 0.671 bits per heavy atom. The van der Waals surface area contributed by atoms with Crippen molar-refractivity contribution >= 4 is 164 Å². The normalized spacial score (nSPS) is 20.4. The minimum absolute atomic E-state index is 0.170. The number of allylic oxidation sites excluding steroid dienone is 2. The number of aryl methyl sites for hydroxylation is 1. The lowest BCUT2D eigenvalue weighted by Crippen LogP contribution is -2.47. The van der Waals surface area contributed by atoms with E-state index in [1.165, 1.54) is 21.9 Å². The Hall–Kier alpha value is -6.02. The average molecular weight is 1250 g/mol. The van der Waals surface area contributed by atoms with Crippen LogP contribution in [0.1, 0.15) is 68.0 Å². The molecule has 0 saturated carbocycles. The molecule has 0 aromatic heterocycles. The fourth-order valence-electron chi connectivity index (χ4n) is 9.21. The number of ether oxygens (including phenoxy) is 2. The van der Waals surface area contributed by atoms with Crippen LogP contribution in [0.25, 0.3) is 27.4 Å². The van der Waals surface area contributed by atoms with E-state index in [-0.39, 0.29) is 48.3 Å². The molecule has 0 bridgehead atoms. The van der Waals surface area contributed by atoms with Crippen molar-refractivity contribution in [2.45, 2.75) is 64.8 Å². The molecule has 16 nitrogen and oxygen atoms in total. The molecule has 3 fully saturated rings. The van der Waals surface area contributed by atoms with Crippen molar-refractivity contribution in [2.75, 3.05) is 20.8 Å². The van der Waals surface area contributed by atoms with E-state index in [0.29, 0.717) is 32.0 Å². The number of hydrogen-bond acceptors (Lipinski definition) is 16. The number of fused-ring (bicyclic) bond motifs is 3. The summed E-state index contributed by atoms with van der Waals surface area (Å²) in [7, 11) is 3.21. The number of phenolic OH excluding ortho intramolecular Hbond substituents is 2. The number of amides is 3. The summed E-state index contributed by atoms with van der Waals surface area (Å²) in [6.45, 7) is 6.58. The maximum Gasteiger partial charge on any atom is 0.327 e. The van der Waals surface area contributed by atoms with E-state index in [2.05, 4.69) is 15.9 Å². The number of halogens is 1. The maximum atomic E-state index is 13.0. The molecule has 3 saturated heterocycles. The number of carbonyl (C=O) groups excluding carboxylic acids is 3. The van der Waals surface area contributed by atoms with E-state index in [4.69, 9.17) is 51.2 Å². The molecular weight excluding hydrogens is 1190 g/mol. The highest BCUT2D eigenvalue weighted by Crippen LogP contribution is 2.44. The van der Waals surface area contributed by atoms with Crippen LogP contribution in [0.15, 0.2) is 117 Å². The van der Waals surface area contributed by atoms with Crippen molar-refractivity contribution < 1.29 is 63.8 Å². The number of carboxylic acids is 3. The second-order valence-electron chi connectivity index (χ2n) is 18.8. The largest absolute Gasteiger partial charge is 0.504 e. The van der Waals surface area contributed by atoms with Gasteiger partial charge in [0, 0.05) is 18.7 Å². The standard InChI is InChI=1S/C21H23NO5S2.C19H18BrNO5S2.C16H11NO3S2/c1-11(2)16(20(24)25)22-19(23)15(29-21(22)28)10-13-9-12-7-5-6-8-14(12)18(27-4)17(13)26-3;1-8(2)16(18(25)26)21-17(24)14(28-19(21)27)6-10-4-3-9-5-12(22)13(23)7-11(9)15(10)20;18-14(19)9-17-15(20)13(22-16(17)21)8-10-5-6-11-3-1-2-4-12(11)7-10/h5-11,16-18H,1-4H3,(H,24,25);5-8,16,22-23H,3-4H2,1-2H3,(H,25,26);1-8H,9H2,(H,18,19)/b15-10-;14-6-;13-8-. The van der Waals surface area contributed by atoms with Gasteiger partial charge in [0.25, 0.3) is 17.7 Å². The number of aliphatic carboxylic acids is 3. The lowest BCUT2D eigenvalue weighted by molar-refractivity contribution is -0.147. The Bertz CT molecular complexity index is 3390. The summed E-state index contributed by atoms with van der Waals surface area (Å²) >= 11 is 22.5. The van der Waals surface area contributed by atoms with Crippen LogP contribution in [0.5, 0.6) is 11.5 Å². The topological polar surface area (TPSA) is 232 Å². The van der Waals surface area contributed by atoms with Crippen LogP contribution in [0.4, 0.5) is 0 Å². The zero-order valence-electron chi connectivity index (χ0n) is 43.1. The Kier molecular flexibility index (Phi) is 20.0. The second-order valence-corrected chi connectivity index (χ2v) is 24.7. The van der Waals surface area contributed by atoms with Gasteiger partial charge in [-0.1, -0.05) is 160 Å². The number of thiocarbonyl (C=S) groups is 3. The van der Waals surface area contributed by atoms with E-state index in [0.717, 1.165) is 89.9 Å². The molecule has 23 heteroatoms. The number of carboxylic acid groups (broad SMARTS) is 3. The molecule has 79 heavy (non-hydrogen) atoms. The van der Waals surface area contributed by atoms with Gasteiger partial charge in [0.1, 0.15) is 43.8 Å². The number of hydrogen-bond donors (Lipinski definition) is 5. The number of nitrogens with zero attached hydrogens (tertiary/aromatic N) is 3. The Labute approximate surface area is 492 Å². The fraction of sp³-hybridized carbons (Fsp3) is 0.268. The van der Waals surface area contributed by atoms with Crippen molar-refractivity contribution in [1.29, 1.82) is 0 Å². The Balaban J connectivity index is 0.000000173. The first-order valence-corrected chi connectivity index (χ1v) is 28.7. The van der Waals surface area contributed by atoms with Crippen LogP contribution >= 0.6 is 87.9 Å². The highest BCUT2D eigenvalue weighted by molar-refractivity contribution is 9.15. The molecule has 0 radical (unpaired) electrons. The molecule has 4 aromatic rings. The van der Waals surface area contributed by atoms with Gasteiger partial charge in [0.15, 0.2) is 11.5 Å². The number of carbonyl (C=O) groups is 6. The number of thioether (sulfide) groups is 3. The Morgan fingerprint density at radius 2 is 1.20 bits per heavy atom. The lowest BCUT2D eigenvalue weighted by atomic mass is 9.87. The molecule has 4 unspecified atom stereocenters. The monoisotopic (exact) mass is 1250 g/mol. The van der Waals surface area contributed by atoms with Gasteiger partial charge in [0.2, 0.25) is 0 Å². The first-order chi connectivity index (χ1) is 37.4. The predicted molar refractivity (Wildman–Crippen MR) is 323 cm³/mol. The number of methoxy groups -OCH3 is 2.